The topological polar surface area (TPSA) is 32.3 Å². The number of rotatable bonds is 2. The first-order chi connectivity index (χ1) is 8.68. The van der Waals surface area contributed by atoms with E-state index in [0.29, 0.717) is 6.04 Å². The van der Waals surface area contributed by atoms with Gasteiger partial charge in [-0.05, 0) is 40.9 Å². The molecule has 0 bridgehead atoms. The highest BCUT2D eigenvalue weighted by Crippen LogP contribution is 2.25. The molecule has 0 atom stereocenters. The van der Waals surface area contributed by atoms with Crippen LogP contribution in [0, 0.1) is 0 Å². The summed E-state index contributed by atoms with van der Waals surface area (Å²) in [4.78, 5) is 13.8. The maximum Gasteiger partial charge on any atom is 0.321 e. The molecule has 1 aliphatic rings. The molecule has 0 heterocycles. The molecule has 1 aromatic rings. The van der Waals surface area contributed by atoms with Gasteiger partial charge in [0.2, 0.25) is 0 Å². The Morgan fingerprint density at radius 1 is 1.28 bits per heavy atom. The monoisotopic (exact) mass is 310 g/mol. The molecule has 3 nitrogen and oxygen atoms in total. The van der Waals surface area contributed by atoms with Crippen molar-refractivity contribution >= 4 is 27.6 Å². The number of benzene rings is 1. The smallest absolute Gasteiger partial charge is 0.321 e. The highest BCUT2D eigenvalue weighted by atomic mass is 79.9. The zero-order chi connectivity index (χ0) is 13.0. The maximum absolute atomic E-state index is 12.2. The number of nitrogens with one attached hydrogen (secondary N) is 1. The maximum atomic E-state index is 12.2. The van der Waals surface area contributed by atoms with Crippen molar-refractivity contribution < 1.29 is 4.79 Å². The van der Waals surface area contributed by atoms with Gasteiger partial charge in [0, 0.05) is 17.6 Å². The summed E-state index contributed by atoms with van der Waals surface area (Å²) in [6.45, 7) is 0. The van der Waals surface area contributed by atoms with Crippen LogP contribution in [0.25, 0.3) is 0 Å². The van der Waals surface area contributed by atoms with Crippen molar-refractivity contribution in [1.29, 1.82) is 0 Å². The van der Waals surface area contributed by atoms with Gasteiger partial charge in [0.1, 0.15) is 0 Å². The summed E-state index contributed by atoms with van der Waals surface area (Å²) in [6.07, 6.45) is 5.96. The lowest BCUT2D eigenvalue weighted by molar-refractivity contribution is 0.239. The Hall–Kier alpha value is -1.03. The van der Waals surface area contributed by atoms with Crippen LogP contribution in [-0.2, 0) is 0 Å². The van der Waals surface area contributed by atoms with Gasteiger partial charge >= 0.3 is 6.03 Å². The molecule has 1 N–H and O–H groups in total. The predicted molar refractivity (Wildman–Crippen MR) is 77.9 cm³/mol. The van der Waals surface area contributed by atoms with E-state index in [1.54, 1.807) is 11.9 Å². The molecule has 1 aliphatic carbocycles. The van der Waals surface area contributed by atoms with Crippen LogP contribution in [0.1, 0.15) is 32.1 Å². The number of hydrogen-bond donors (Lipinski definition) is 1. The second-order valence-corrected chi connectivity index (χ2v) is 5.65. The SMILES string of the molecule is CN(C(=O)NC1CCCCC1)c1ccccc1Br. The Labute approximate surface area is 117 Å². The van der Waals surface area contributed by atoms with E-state index in [0.717, 1.165) is 23.0 Å². The summed E-state index contributed by atoms with van der Waals surface area (Å²) >= 11 is 3.47. The van der Waals surface area contributed by atoms with Crippen molar-refractivity contribution in [2.45, 2.75) is 38.1 Å². The first-order valence-corrected chi connectivity index (χ1v) is 7.26. The number of urea groups is 1. The van der Waals surface area contributed by atoms with Crippen LogP contribution in [0.2, 0.25) is 0 Å². The van der Waals surface area contributed by atoms with E-state index >= 15 is 0 Å². The Morgan fingerprint density at radius 3 is 2.61 bits per heavy atom. The van der Waals surface area contributed by atoms with Crippen molar-refractivity contribution in [2.24, 2.45) is 0 Å². The average molecular weight is 311 g/mol. The Bertz CT molecular complexity index is 416. The first kappa shape index (κ1) is 13.4. The standard InChI is InChI=1S/C14H19BrN2O/c1-17(13-10-6-5-9-12(13)15)14(18)16-11-7-3-2-4-8-11/h5-6,9-11H,2-4,7-8H2,1H3,(H,16,18). The molecule has 0 unspecified atom stereocenters. The molecule has 2 rings (SSSR count). The fourth-order valence-electron chi connectivity index (χ4n) is 2.35. The summed E-state index contributed by atoms with van der Waals surface area (Å²) in [5.74, 6) is 0. The van der Waals surface area contributed by atoms with E-state index in [9.17, 15) is 4.79 Å². The number of hydrogen-bond acceptors (Lipinski definition) is 1. The summed E-state index contributed by atoms with van der Waals surface area (Å²) in [7, 11) is 1.80. The molecule has 1 fully saturated rings. The van der Waals surface area contributed by atoms with Gasteiger partial charge in [0.05, 0.1) is 5.69 Å². The lowest BCUT2D eigenvalue weighted by atomic mass is 9.96. The van der Waals surface area contributed by atoms with Gasteiger partial charge < -0.3 is 5.32 Å². The van der Waals surface area contributed by atoms with Gasteiger partial charge in [-0.1, -0.05) is 31.4 Å². The molecular formula is C14H19BrN2O. The van der Waals surface area contributed by atoms with Gasteiger partial charge in [-0.2, -0.15) is 0 Å². The van der Waals surface area contributed by atoms with Crippen molar-refractivity contribution in [3.8, 4) is 0 Å². The minimum atomic E-state index is -0.0196. The number of anilines is 1. The molecule has 0 aliphatic heterocycles. The highest BCUT2D eigenvalue weighted by molar-refractivity contribution is 9.10. The van der Waals surface area contributed by atoms with Gasteiger partial charge in [-0.3, -0.25) is 4.90 Å². The predicted octanol–water partition coefficient (Wildman–Crippen LogP) is 3.93. The summed E-state index contributed by atoms with van der Waals surface area (Å²) < 4.78 is 0.936. The normalized spacial score (nSPS) is 16.3. The van der Waals surface area contributed by atoms with E-state index in [-0.39, 0.29) is 6.03 Å². The van der Waals surface area contributed by atoms with Crippen molar-refractivity contribution in [1.82, 2.24) is 5.32 Å². The van der Waals surface area contributed by atoms with Gasteiger partial charge in [0.25, 0.3) is 0 Å². The van der Waals surface area contributed by atoms with Crippen LogP contribution in [0.3, 0.4) is 0 Å². The zero-order valence-corrected chi connectivity index (χ0v) is 12.2. The third kappa shape index (κ3) is 3.25. The van der Waals surface area contributed by atoms with Gasteiger partial charge in [-0.25, -0.2) is 4.79 Å². The number of nitrogens with zero attached hydrogens (tertiary/aromatic N) is 1. The van der Waals surface area contributed by atoms with Crippen LogP contribution in [0.5, 0.6) is 0 Å². The zero-order valence-electron chi connectivity index (χ0n) is 10.7. The third-order valence-electron chi connectivity index (χ3n) is 3.45. The van der Waals surface area contributed by atoms with Gasteiger partial charge in [-0.15, -0.1) is 0 Å². The minimum absolute atomic E-state index is 0.0196. The van der Waals surface area contributed by atoms with E-state index in [1.165, 1.54) is 19.3 Å². The van der Waals surface area contributed by atoms with E-state index < -0.39 is 0 Å². The quantitative estimate of drug-likeness (QED) is 0.882. The summed E-state index contributed by atoms with van der Waals surface area (Å²) in [6, 6.07) is 8.08. The van der Waals surface area contributed by atoms with Crippen LogP contribution >= 0.6 is 15.9 Å². The lowest BCUT2D eigenvalue weighted by Gasteiger charge is -2.26. The highest BCUT2D eigenvalue weighted by Gasteiger charge is 2.19. The molecule has 4 heteroatoms. The largest absolute Gasteiger partial charge is 0.335 e. The molecule has 1 aromatic carbocycles. The van der Waals surface area contributed by atoms with E-state index in [4.69, 9.17) is 0 Å². The molecule has 0 saturated heterocycles. The van der Waals surface area contributed by atoms with Crippen LogP contribution in [0.4, 0.5) is 10.5 Å². The van der Waals surface area contributed by atoms with Crippen molar-refractivity contribution in [3.05, 3.63) is 28.7 Å². The molecular weight excluding hydrogens is 292 g/mol. The summed E-state index contributed by atoms with van der Waals surface area (Å²) in [5.41, 5.74) is 0.894. The molecule has 18 heavy (non-hydrogen) atoms. The Morgan fingerprint density at radius 2 is 1.94 bits per heavy atom. The van der Waals surface area contributed by atoms with Crippen LogP contribution in [-0.4, -0.2) is 19.1 Å². The molecule has 0 aromatic heterocycles. The fraction of sp³-hybridized carbons (Fsp3) is 0.500. The Kier molecular flexibility index (Phi) is 4.64. The molecule has 0 radical (unpaired) electrons. The summed E-state index contributed by atoms with van der Waals surface area (Å²) in [5, 5.41) is 3.11. The molecule has 1 saturated carbocycles. The molecule has 98 valence electrons. The number of carbonyl (C=O) groups is 1. The first-order valence-electron chi connectivity index (χ1n) is 6.47. The van der Waals surface area contributed by atoms with Crippen molar-refractivity contribution in [3.63, 3.8) is 0 Å². The van der Waals surface area contributed by atoms with Crippen molar-refractivity contribution in [2.75, 3.05) is 11.9 Å². The molecule has 0 spiro atoms. The van der Waals surface area contributed by atoms with E-state index in [1.807, 2.05) is 24.3 Å². The second-order valence-electron chi connectivity index (χ2n) is 4.79. The lowest BCUT2D eigenvalue weighted by Crippen LogP contribution is -2.44. The number of carbonyl (C=O) groups excluding carboxylic acids is 1. The number of halogens is 1. The molecule has 2 amide bonds. The second kappa shape index (κ2) is 6.23. The van der Waals surface area contributed by atoms with E-state index in [2.05, 4.69) is 21.2 Å². The van der Waals surface area contributed by atoms with Crippen LogP contribution < -0.4 is 10.2 Å². The fourth-order valence-corrected chi connectivity index (χ4v) is 2.90. The third-order valence-corrected chi connectivity index (χ3v) is 4.12. The number of para-hydroxylation sites is 1. The minimum Gasteiger partial charge on any atom is -0.335 e. The average Bonchev–Trinajstić information content (AvgIpc) is 2.39. The number of amides is 2. The van der Waals surface area contributed by atoms with Crippen LogP contribution in [0.15, 0.2) is 28.7 Å². The Balaban J connectivity index is 1.98. The van der Waals surface area contributed by atoms with Gasteiger partial charge in [0.15, 0.2) is 0 Å².